The zero-order valence-electron chi connectivity index (χ0n) is 70.8. The van der Waals surface area contributed by atoms with E-state index in [1.165, 1.54) is 462 Å². The van der Waals surface area contributed by atoms with E-state index in [1.54, 1.807) is 0 Å². The molecule has 0 aromatic rings. The van der Waals surface area contributed by atoms with Gasteiger partial charge in [0.15, 0.2) is 12.4 Å². The van der Waals surface area contributed by atoms with Gasteiger partial charge in [-0.1, -0.05) is 502 Å². The van der Waals surface area contributed by atoms with Crippen molar-refractivity contribution >= 4 is 17.9 Å². The molecular formula is C94H185NO8. The molecule has 2 unspecified atom stereocenters. The minimum atomic E-state index is -1.62. The molecule has 0 saturated heterocycles. The predicted octanol–water partition coefficient (Wildman–Crippen LogP) is 29.5. The minimum absolute atomic E-state index is 0.154. The summed E-state index contributed by atoms with van der Waals surface area (Å²) >= 11 is 0. The predicted molar refractivity (Wildman–Crippen MR) is 445 cm³/mol. The Labute approximate surface area is 644 Å². The summed E-state index contributed by atoms with van der Waals surface area (Å²) < 4.78 is 23.0. The number of carbonyl (C=O) groups excluding carboxylic acids is 3. The fourth-order valence-corrected chi connectivity index (χ4v) is 15.2. The van der Waals surface area contributed by atoms with Crippen LogP contribution in [0.3, 0.4) is 0 Å². The quantitative estimate of drug-likeness (QED) is 0.0256. The van der Waals surface area contributed by atoms with Crippen LogP contribution in [0, 0.1) is 0 Å². The number of carbonyl (C=O) groups is 3. The Balaban J connectivity index is 3.84. The number of rotatable bonds is 91. The van der Waals surface area contributed by atoms with Crippen LogP contribution in [-0.2, 0) is 33.3 Å². The van der Waals surface area contributed by atoms with E-state index < -0.39 is 24.3 Å². The lowest BCUT2D eigenvalue weighted by molar-refractivity contribution is -0.870. The number of quaternary nitrogens is 1. The van der Waals surface area contributed by atoms with Crippen LogP contribution in [0.1, 0.15) is 528 Å². The van der Waals surface area contributed by atoms with E-state index in [-0.39, 0.29) is 32.2 Å². The second kappa shape index (κ2) is 85.9. The molecule has 103 heavy (non-hydrogen) atoms. The summed E-state index contributed by atoms with van der Waals surface area (Å²) in [5.74, 6) is -2.23. The molecule has 0 saturated carbocycles. The summed E-state index contributed by atoms with van der Waals surface area (Å²) in [5.41, 5.74) is 0. The van der Waals surface area contributed by atoms with Gasteiger partial charge in [0.1, 0.15) is 13.2 Å². The number of esters is 2. The van der Waals surface area contributed by atoms with Crippen molar-refractivity contribution in [2.24, 2.45) is 0 Å². The molecule has 0 heterocycles. The van der Waals surface area contributed by atoms with E-state index in [0.29, 0.717) is 17.4 Å². The third-order valence-electron chi connectivity index (χ3n) is 22.4. The van der Waals surface area contributed by atoms with Crippen molar-refractivity contribution in [3.63, 3.8) is 0 Å². The molecule has 2 atom stereocenters. The molecule has 614 valence electrons. The molecule has 0 aromatic heterocycles. The van der Waals surface area contributed by atoms with Gasteiger partial charge in [0.05, 0.1) is 40.3 Å². The molecule has 0 fully saturated rings. The molecule has 0 spiro atoms. The fraction of sp³-hybridized carbons (Fsp3) is 0.968. The summed E-state index contributed by atoms with van der Waals surface area (Å²) in [7, 11) is 5.97. The molecule has 0 radical (unpaired) electrons. The standard InChI is InChI=1S/C94H185NO8/c1-6-8-10-12-14-16-18-20-22-24-26-28-30-32-34-36-38-40-42-44-45-46-47-49-51-53-55-57-59-61-63-65-67-69-71-73-75-77-79-81-83-85-92(97)103-90(89-102-94(93(98)99)100-87-86-95(3,4)5)88-101-91(96)84-82-80-78-76-74-72-70-68-66-64-62-60-58-56-54-52-50-48-43-41-39-37-35-33-31-29-27-25-23-21-19-17-15-13-11-9-7-2/h90,94H,6-89H2,1-5H3. The van der Waals surface area contributed by atoms with Gasteiger partial charge in [0.2, 0.25) is 0 Å². The zero-order valence-corrected chi connectivity index (χ0v) is 70.8. The van der Waals surface area contributed by atoms with E-state index in [2.05, 4.69) is 13.8 Å². The average molecular weight is 1460 g/mol. The SMILES string of the molecule is CCCCCCCCCCCCCCCCCCCCCCCCCCCCCCCCCCCCCCCCCCCC(=O)OC(COC(=O)CCCCCCCCCCCCCCCCCCCCCCCCCCCCCCCCCCCCCCC)COC(OCC[N+](C)(C)C)C(=O)[O-]. The molecule has 0 aliphatic rings. The third kappa shape index (κ3) is 87.4. The Kier molecular flexibility index (Phi) is 84.5. The lowest BCUT2D eigenvalue weighted by Gasteiger charge is -2.26. The number of unbranched alkanes of at least 4 members (excludes halogenated alkanes) is 76. The fourth-order valence-electron chi connectivity index (χ4n) is 15.2. The molecular weight excluding hydrogens is 1270 g/mol. The number of likely N-dealkylation sites (N-methyl/N-ethyl adjacent to an activating group) is 1. The highest BCUT2D eigenvalue weighted by molar-refractivity contribution is 5.70. The first kappa shape index (κ1) is 101. The Bertz CT molecular complexity index is 1650. The number of ether oxygens (including phenoxy) is 4. The molecule has 0 N–H and O–H groups in total. The number of aliphatic carboxylic acids is 1. The second-order valence-electron chi connectivity index (χ2n) is 34.0. The Hall–Kier alpha value is -1.71. The van der Waals surface area contributed by atoms with Crippen molar-refractivity contribution in [3.8, 4) is 0 Å². The van der Waals surface area contributed by atoms with Gasteiger partial charge in [-0.3, -0.25) is 9.59 Å². The summed E-state index contributed by atoms with van der Waals surface area (Å²) in [6.45, 7) is 4.87. The lowest BCUT2D eigenvalue weighted by atomic mass is 10.0. The van der Waals surface area contributed by atoms with Gasteiger partial charge < -0.3 is 33.3 Å². The Morgan fingerprint density at radius 2 is 0.437 bits per heavy atom. The molecule has 9 heteroatoms. The van der Waals surface area contributed by atoms with Crippen LogP contribution in [-0.4, -0.2) is 82.3 Å². The molecule has 0 aromatic carbocycles. The summed E-state index contributed by atoms with van der Waals surface area (Å²) in [4.78, 5) is 37.7. The minimum Gasteiger partial charge on any atom is -0.545 e. The lowest BCUT2D eigenvalue weighted by Crippen LogP contribution is -2.44. The maximum Gasteiger partial charge on any atom is 0.306 e. The largest absolute Gasteiger partial charge is 0.545 e. The summed E-state index contributed by atoms with van der Waals surface area (Å²) in [5, 5.41) is 11.9. The second-order valence-corrected chi connectivity index (χ2v) is 34.0. The van der Waals surface area contributed by atoms with Crippen LogP contribution in [0.15, 0.2) is 0 Å². The van der Waals surface area contributed by atoms with Crippen LogP contribution in [0.25, 0.3) is 0 Å². The highest BCUT2D eigenvalue weighted by Crippen LogP contribution is 2.22. The first-order chi connectivity index (χ1) is 50.6. The number of carboxylic acid groups (broad SMARTS) is 1. The van der Waals surface area contributed by atoms with E-state index in [1.807, 2.05) is 21.1 Å². The molecule has 0 aliphatic heterocycles. The van der Waals surface area contributed by atoms with Gasteiger partial charge in [-0.15, -0.1) is 0 Å². The van der Waals surface area contributed by atoms with Crippen LogP contribution in [0.5, 0.6) is 0 Å². The normalized spacial score (nSPS) is 12.4. The Morgan fingerprint density at radius 3 is 0.621 bits per heavy atom. The van der Waals surface area contributed by atoms with Gasteiger partial charge in [0, 0.05) is 12.8 Å². The van der Waals surface area contributed by atoms with Crippen LogP contribution < -0.4 is 5.11 Å². The van der Waals surface area contributed by atoms with E-state index in [4.69, 9.17) is 18.9 Å². The molecule has 0 bridgehead atoms. The smallest absolute Gasteiger partial charge is 0.306 e. The van der Waals surface area contributed by atoms with E-state index in [9.17, 15) is 19.5 Å². The number of nitrogens with zero attached hydrogens (tertiary/aromatic N) is 1. The van der Waals surface area contributed by atoms with Crippen LogP contribution in [0.4, 0.5) is 0 Å². The summed E-state index contributed by atoms with van der Waals surface area (Å²) in [6, 6.07) is 0. The van der Waals surface area contributed by atoms with E-state index in [0.717, 1.165) is 38.5 Å². The van der Waals surface area contributed by atoms with Crippen molar-refractivity contribution in [1.82, 2.24) is 0 Å². The highest BCUT2D eigenvalue weighted by atomic mass is 16.7. The van der Waals surface area contributed by atoms with Gasteiger partial charge in [-0.2, -0.15) is 0 Å². The first-order valence-electron chi connectivity index (χ1n) is 47.2. The Morgan fingerprint density at radius 1 is 0.252 bits per heavy atom. The van der Waals surface area contributed by atoms with Gasteiger partial charge in [-0.05, 0) is 12.8 Å². The maximum atomic E-state index is 13.0. The van der Waals surface area contributed by atoms with Crippen molar-refractivity contribution < 1.29 is 42.9 Å². The van der Waals surface area contributed by atoms with E-state index >= 15 is 0 Å². The van der Waals surface area contributed by atoms with Crippen molar-refractivity contribution in [2.75, 3.05) is 47.5 Å². The van der Waals surface area contributed by atoms with Gasteiger partial charge >= 0.3 is 11.9 Å². The molecule has 0 rings (SSSR count). The number of hydrogen-bond acceptors (Lipinski definition) is 8. The highest BCUT2D eigenvalue weighted by Gasteiger charge is 2.22. The van der Waals surface area contributed by atoms with Crippen molar-refractivity contribution in [1.29, 1.82) is 0 Å². The average Bonchev–Trinajstić information content (AvgIpc) is 1.01. The van der Waals surface area contributed by atoms with Crippen molar-refractivity contribution in [3.05, 3.63) is 0 Å². The van der Waals surface area contributed by atoms with Crippen molar-refractivity contribution in [2.45, 2.75) is 540 Å². The molecule has 9 nitrogen and oxygen atoms in total. The van der Waals surface area contributed by atoms with Crippen LogP contribution >= 0.6 is 0 Å². The topological polar surface area (TPSA) is 111 Å². The van der Waals surface area contributed by atoms with Gasteiger partial charge in [0.25, 0.3) is 0 Å². The van der Waals surface area contributed by atoms with Gasteiger partial charge in [-0.25, -0.2) is 0 Å². The molecule has 0 aliphatic carbocycles. The third-order valence-corrected chi connectivity index (χ3v) is 22.4. The first-order valence-corrected chi connectivity index (χ1v) is 47.2. The molecule has 0 amide bonds. The monoisotopic (exact) mass is 1460 g/mol. The summed E-state index contributed by atoms with van der Waals surface area (Å²) in [6.07, 6.45) is 106. The number of carboxylic acids is 1. The zero-order chi connectivity index (χ0) is 74.6. The number of hydrogen-bond donors (Lipinski definition) is 0. The maximum absolute atomic E-state index is 13.0. The van der Waals surface area contributed by atoms with Crippen LogP contribution in [0.2, 0.25) is 0 Å².